The van der Waals surface area contributed by atoms with Crippen LogP contribution in [-0.2, 0) is 0 Å². The van der Waals surface area contributed by atoms with E-state index in [1.165, 1.54) is 0 Å². The molecule has 2 aromatic heterocycles. The van der Waals surface area contributed by atoms with E-state index < -0.39 is 0 Å². The number of aromatic nitrogens is 3. The van der Waals surface area contributed by atoms with Crippen LogP contribution in [-0.4, -0.2) is 20.5 Å². The highest BCUT2D eigenvalue weighted by atomic mass is 32.1. The summed E-state index contributed by atoms with van der Waals surface area (Å²) in [5.41, 5.74) is 3.60. The van der Waals surface area contributed by atoms with Gasteiger partial charge in [-0.3, -0.25) is 4.79 Å². The van der Waals surface area contributed by atoms with E-state index >= 15 is 0 Å². The molecule has 0 aliphatic carbocycles. The minimum Gasteiger partial charge on any atom is -0.436 e. The Hall–Kier alpha value is -3.06. The molecule has 0 aliphatic heterocycles. The van der Waals surface area contributed by atoms with E-state index in [1.54, 1.807) is 6.92 Å². The Balaban J connectivity index is 1.64. The zero-order valence-corrected chi connectivity index (χ0v) is 13.5. The first-order valence-electron chi connectivity index (χ1n) is 7.27. The topological polar surface area (TPSA) is 80.9 Å². The highest BCUT2D eigenvalue weighted by molar-refractivity contribution is 7.08. The van der Waals surface area contributed by atoms with Gasteiger partial charge in [0.25, 0.3) is 5.91 Å². The molecule has 0 aliphatic rings. The second kappa shape index (κ2) is 5.86. The van der Waals surface area contributed by atoms with Crippen LogP contribution >= 0.6 is 11.5 Å². The van der Waals surface area contributed by atoms with Crippen LogP contribution in [0.25, 0.3) is 22.6 Å². The Labute approximate surface area is 141 Å². The molecule has 1 amide bonds. The van der Waals surface area contributed by atoms with E-state index in [1.807, 2.05) is 48.5 Å². The predicted octanol–water partition coefficient (Wildman–Crippen LogP) is 3.91. The SMILES string of the molecule is Cc1nnsc1C(=O)Nc1cccc(-c2nc3ccccc3o2)c1. The second-order valence-corrected chi connectivity index (χ2v) is 5.96. The molecule has 2 aromatic carbocycles. The summed E-state index contributed by atoms with van der Waals surface area (Å²) >= 11 is 1.08. The fraction of sp³-hybridized carbons (Fsp3) is 0.0588. The lowest BCUT2D eigenvalue weighted by Crippen LogP contribution is -2.11. The van der Waals surface area contributed by atoms with Gasteiger partial charge < -0.3 is 9.73 Å². The smallest absolute Gasteiger partial charge is 0.269 e. The molecule has 6 nitrogen and oxygen atoms in total. The fourth-order valence-electron chi connectivity index (χ4n) is 2.35. The summed E-state index contributed by atoms with van der Waals surface area (Å²) in [6.45, 7) is 1.76. The highest BCUT2D eigenvalue weighted by Crippen LogP contribution is 2.26. The van der Waals surface area contributed by atoms with Crippen molar-refractivity contribution in [2.45, 2.75) is 6.92 Å². The van der Waals surface area contributed by atoms with Gasteiger partial charge in [0.2, 0.25) is 5.89 Å². The lowest BCUT2D eigenvalue weighted by atomic mass is 10.2. The van der Waals surface area contributed by atoms with Gasteiger partial charge in [-0.2, -0.15) is 0 Å². The average molecular weight is 336 g/mol. The van der Waals surface area contributed by atoms with Gasteiger partial charge in [-0.05, 0) is 48.8 Å². The van der Waals surface area contributed by atoms with E-state index in [4.69, 9.17) is 4.42 Å². The van der Waals surface area contributed by atoms with Gasteiger partial charge in [0.05, 0.1) is 5.69 Å². The molecule has 1 N–H and O–H groups in total. The minimum atomic E-state index is -0.225. The van der Waals surface area contributed by atoms with E-state index in [0.29, 0.717) is 22.1 Å². The number of carbonyl (C=O) groups is 1. The van der Waals surface area contributed by atoms with Crippen LogP contribution in [0.15, 0.2) is 52.9 Å². The van der Waals surface area contributed by atoms with Crippen molar-refractivity contribution in [1.29, 1.82) is 0 Å². The van der Waals surface area contributed by atoms with Gasteiger partial charge in [-0.15, -0.1) is 5.10 Å². The number of para-hydroxylation sites is 2. The summed E-state index contributed by atoms with van der Waals surface area (Å²) in [7, 11) is 0. The summed E-state index contributed by atoms with van der Waals surface area (Å²) in [4.78, 5) is 17.2. The molecule has 0 unspecified atom stereocenters. The third-order valence-corrected chi connectivity index (χ3v) is 4.35. The number of rotatable bonds is 3. The van der Waals surface area contributed by atoms with Crippen molar-refractivity contribution in [1.82, 2.24) is 14.6 Å². The normalized spacial score (nSPS) is 10.9. The van der Waals surface area contributed by atoms with Crippen molar-refractivity contribution in [3.05, 3.63) is 59.1 Å². The number of nitrogens with one attached hydrogen (secondary N) is 1. The number of oxazole rings is 1. The molecular weight excluding hydrogens is 324 g/mol. The van der Waals surface area contributed by atoms with E-state index in [-0.39, 0.29) is 5.91 Å². The van der Waals surface area contributed by atoms with Crippen molar-refractivity contribution < 1.29 is 9.21 Å². The molecular formula is C17H12N4O2S. The van der Waals surface area contributed by atoms with E-state index in [9.17, 15) is 4.79 Å². The molecule has 0 fully saturated rings. The van der Waals surface area contributed by atoms with Gasteiger partial charge in [-0.1, -0.05) is 22.7 Å². The fourth-order valence-corrected chi connectivity index (χ4v) is 2.91. The zero-order valence-electron chi connectivity index (χ0n) is 12.7. The minimum absolute atomic E-state index is 0.225. The largest absolute Gasteiger partial charge is 0.436 e. The number of carbonyl (C=O) groups excluding carboxylic acids is 1. The molecule has 0 bridgehead atoms. The van der Waals surface area contributed by atoms with Gasteiger partial charge in [0, 0.05) is 11.3 Å². The number of hydrogen-bond acceptors (Lipinski definition) is 6. The Morgan fingerprint density at radius 1 is 1.17 bits per heavy atom. The lowest BCUT2D eigenvalue weighted by molar-refractivity contribution is 0.103. The number of nitrogens with zero attached hydrogens (tertiary/aromatic N) is 3. The summed E-state index contributed by atoms with van der Waals surface area (Å²) in [5.74, 6) is 0.292. The van der Waals surface area contributed by atoms with E-state index in [0.717, 1.165) is 28.2 Å². The van der Waals surface area contributed by atoms with Crippen molar-refractivity contribution in [2.24, 2.45) is 0 Å². The molecule has 0 atom stereocenters. The summed E-state index contributed by atoms with van der Waals surface area (Å²) in [5, 5.41) is 6.70. The number of fused-ring (bicyclic) bond motifs is 1. The summed E-state index contributed by atoms with van der Waals surface area (Å²) in [6, 6.07) is 15.0. The highest BCUT2D eigenvalue weighted by Gasteiger charge is 2.14. The number of aryl methyl sites for hydroxylation is 1. The van der Waals surface area contributed by atoms with Crippen LogP contribution in [0, 0.1) is 6.92 Å². The number of anilines is 1. The number of amides is 1. The van der Waals surface area contributed by atoms with Crippen LogP contribution in [0.4, 0.5) is 5.69 Å². The van der Waals surface area contributed by atoms with Crippen molar-refractivity contribution in [3.63, 3.8) is 0 Å². The molecule has 0 saturated heterocycles. The Kier molecular flexibility index (Phi) is 3.55. The van der Waals surface area contributed by atoms with Gasteiger partial charge >= 0.3 is 0 Å². The number of benzene rings is 2. The molecule has 0 saturated carbocycles. The zero-order chi connectivity index (χ0) is 16.5. The van der Waals surface area contributed by atoms with Crippen LogP contribution in [0.5, 0.6) is 0 Å². The monoisotopic (exact) mass is 336 g/mol. The Morgan fingerprint density at radius 2 is 2.04 bits per heavy atom. The molecule has 0 radical (unpaired) electrons. The number of hydrogen-bond donors (Lipinski definition) is 1. The van der Waals surface area contributed by atoms with Crippen molar-refractivity contribution in [3.8, 4) is 11.5 Å². The second-order valence-electron chi connectivity index (χ2n) is 5.21. The first-order valence-corrected chi connectivity index (χ1v) is 8.04. The third-order valence-electron chi connectivity index (χ3n) is 3.52. The molecule has 4 rings (SSSR count). The third kappa shape index (κ3) is 2.65. The Morgan fingerprint density at radius 3 is 2.83 bits per heavy atom. The molecule has 2 heterocycles. The van der Waals surface area contributed by atoms with Crippen LogP contribution in [0.1, 0.15) is 15.4 Å². The molecule has 0 spiro atoms. The quantitative estimate of drug-likeness (QED) is 0.613. The van der Waals surface area contributed by atoms with E-state index in [2.05, 4.69) is 19.9 Å². The standard InChI is InChI=1S/C17H12N4O2S/c1-10-15(24-21-20-10)16(22)18-12-6-4-5-11(9-12)17-19-13-7-2-3-8-14(13)23-17/h2-9H,1H3,(H,18,22). The molecule has 24 heavy (non-hydrogen) atoms. The van der Waals surface area contributed by atoms with Crippen LogP contribution in [0.3, 0.4) is 0 Å². The molecule has 4 aromatic rings. The van der Waals surface area contributed by atoms with Crippen LogP contribution in [0.2, 0.25) is 0 Å². The first kappa shape index (κ1) is 14.5. The van der Waals surface area contributed by atoms with Gasteiger partial charge in [0.1, 0.15) is 10.4 Å². The van der Waals surface area contributed by atoms with Gasteiger partial charge in [-0.25, -0.2) is 4.98 Å². The van der Waals surface area contributed by atoms with Gasteiger partial charge in [0.15, 0.2) is 5.58 Å². The predicted molar refractivity (Wildman–Crippen MR) is 92.0 cm³/mol. The first-order chi connectivity index (χ1) is 11.7. The van der Waals surface area contributed by atoms with Crippen molar-refractivity contribution >= 4 is 34.2 Å². The van der Waals surface area contributed by atoms with Crippen molar-refractivity contribution in [2.75, 3.05) is 5.32 Å². The molecule has 7 heteroatoms. The maximum Gasteiger partial charge on any atom is 0.269 e. The maximum atomic E-state index is 12.3. The van der Waals surface area contributed by atoms with Crippen LogP contribution < -0.4 is 5.32 Å². The molecule has 118 valence electrons. The average Bonchev–Trinajstić information content (AvgIpc) is 3.21. The lowest BCUT2D eigenvalue weighted by Gasteiger charge is -2.05. The maximum absolute atomic E-state index is 12.3. The summed E-state index contributed by atoms with van der Waals surface area (Å²) < 4.78 is 9.54. The summed E-state index contributed by atoms with van der Waals surface area (Å²) in [6.07, 6.45) is 0. The Bertz CT molecular complexity index is 1000.